The molecule has 0 radical (unpaired) electrons. The first kappa shape index (κ1) is 11.7. The highest BCUT2D eigenvalue weighted by Crippen LogP contribution is 2.31. The highest BCUT2D eigenvalue weighted by molar-refractivity contribution is 9.10. The standard InChI is InChI=1S/C11H15BrFN/c1-7(2)11(3,14)8-5-4-6-9(12)10(8)13/h4-7H,14H2,1-3H3. The van der Waals surface area contributed by atoms with Crippen LogP contribution in [0, 0.1) is 11.7 Å². The second kappa shape index (κ2) is 3.99. The zero-order valence-corrected chi connectivity index (χ0v) is 10.2. The Bertz CT molecular complexity index is 334. The molecule has 3 heteroatoms. The van der Waals surface area contributed by atoms with Crippen molar-refractivity contribution in [2.45, 2.75) is 26.3 Å². The smallest absolute Gasteiger partial charge is 0.142 e. The van der Waals surface area contributed by atoms with Crippen molar-refractivity contribution in [1.29, 1.82) is 0 Å². The van der Waals surface area contributed by atoms with Gasteiger partial charge in [-0.1, -0.05) is 26.0 Å². The van der Waals surface area contributed by atoms with E-state index in [9.17, 15) is 4.39 Å². The Balaban J connectivity index is 3.26. The van der Waals surface area contributed by atoms with E-state index in [0.717, 1.165) is 0 Å². The quantitative estimate of drug-likeness (QED) is 0.866. The Morgan fingerprint density at radius 1 is 1.43 bits per heavy atom. The molecule has 0 spiro atoms. The lowest BCUT2D eigenvalue weighted by Gasteiger charge is -2.30. The average molecular weight is 260 g/mol. The van der Waals surface area contributed by atoms with Gasteiger partial charge in [0.25, 0.3) is 0 Å². The van der Waals surface area contributed by atoms with Crippen LogP contribution in [0.25, 0.3) is 0 Å². The van der Waals surface area contributed by atoms with E-state index in [1.54, 1.807) is 18.2 Å². The van der Waals surface area contributed by atoms with Crippen LogP contribution in [0.3, 0.4) is 0 Å². The van der Waals surface area contributed by atoms with Gasteiger partial charge in [0.1, 0.15) is 5.82 Å². The van der Waals surface area contributed by atoms with E-state index in [-0.39, 0.29) is 11.7 Å². The third-order valence-electron chi connectivity index (χ3n) is 2.73. The summed E-state index contributed by atoms with van der Waals surface area (Å²) in [4.78, 5) is 0. The summed E-state index contributed by atoms with van der Waals surface area (Å²) < 4.78 is 14.2. The Morgan fingerprint density at radius 2 is 2.00 bits per heavy atom. The SMILES string of the molecule is CC(C)C(C)(N)c1cccc(Br)c1F. The summed E-state index contributed by atoms with van der Waals surface area (Å²) in [6.07, 6.45) is 0. The Labute approximate surface area is 92.6 Å². The van der Waals surface area contributed by atoms with E-state index in [0.29, 0.717) is 10.0 Å². The fraction of sp³-hybridized carbons (Fsp3) is 0.455. The first-order chi connectivity index (χ1) is 6.37. The normalized spacial score (nSPS) is 15.6. The molecule has 0 aliphatic heterocycles. The van der Waals surface area contributed by atoms with Crippen LogP contribution in [0.1, 0.15) is 26.3 Å². The van der Waals surface area contributed by atoms with Crippen LogP contribution in [0.15, 0.2) is 22.7 Å². The van der Waals surface area contributed by atoms with Crippen molar-refractivity contribution in [1.82, 2.24) is 0 Å². The first-order valence-electron chi connectivity index (χ1n) is 4.60. The van der Waals surface area contributed by atoms with Gasteiger partial charge in [0.05, 0.1) is 4.47 Å². The minimum atomic E-state index is -0.631. The molecule has 2 N–H and O–H groups in total. The zero-order valence-electron chi connectivity index (χ0n) is 8.64. The predicted molar refractivity (Wildman–Crippen MR) is 60.5 cm³/mol. The molecule has 0 bridgehead atoms. The lowest BCUT2D eigenvalue weighted by atomic mass is 9.82. The monoisotopic (exact) mass is 259 g/mol. The lowest BCUT2D eigenvalue weighted by Crippen LogP contribution is -2.39. The van der Waals surface area contributed by atoms with Crippen LogP contribution in [0.4, 0.5) is 4.39 Å². The van der Waals surface area contributed by atoms with Gasteiger partial charge in [0.2, 0.25) is 0 Å². The molecule has 78 valence electrons. The fourth-order valence-electron chi connectivity index (χ4n) is 1.23. The summed E-state index contributed by atoms with van der Waals surface area (Å²) in [5.74, 6) is -0.0718. The van der Waals surface area contributed by atoms with Crippen molar-refractivity contribution < 1.29 is 4.39 Å². The molecule has 0 fully saturated rings. The fourth-order valence-corrected chi connectivity index (χ4v) is 1.60. The third kappa shape index (κ3) is 1.98. The maximum atomic E-state index is 13.7. The van der Waals surface area contributed by atoms with Crippen LogP contribution >= 0.6 is 15.9 Å². The molecule has 1 aromatic rings. The Hall–Kier alpha value is -0.410. The van der Waals surface area contributed by atoms with E-state index in [2.05, 4.69) is 15.9 Å². The van der Waals surface area contributed by atoms with Crippen LogP contribution in [0.5, 0.6) is 0 Å². The second-order valence-electron chi connectivity index (χ2n) is 4.04. The highest BCUT2D eigenvalue weighted by Gasteiger charge is 2.28. The summed E-state index contributed by atoms with van der Waals surface area (Å²) in [6.45, 7) is 5.82. The maximum absolute atomic E-state index is 13.7. The minimum Gasteiger partial charge on any atom is -0.321 e. The molecular weight excluding hydrogens is 245 g/mol. The molecule has 0 saturated heterocycles. The van der Waals surface area contributed by atoms with Gasteiger partial charge >= 0.3 is 0 Å². The van der Waals surface area contributed by atoms with Gasteiger partial charge in [-0.25, -0.2) is 4.39 Å². The summed E-state index contributed by atoms with van der Waals surface area (Å²) in [6, 6.07) is 5.21. The summed E-state index contributed by atoms with van der Waals surface area (Å²) in [5.41, 5.74) is 6.02. The molecule has 1 nitrogen and oxygen atoms in total. The van der Waals surface area contributed by atoms with E-state index in [1.165, 1.54) is 0 Å². The van der Waals surface area contributed by atoms with Crippen molar-refractivity contribution >= 4 is 15.9 Å². The van der Waals surface area contributed by atoms with Gasteiger partial charge in [0.15, 0.2) is 0 Å². The molecular formula is C11H15BrFN. The van der Waals surface area contributed by atoms with Crippen LogP contribution in [-0.2, 0) is 5.54 Å². The molecule has 0 aliphatic rings. The number of hydrogen-bond donors (Lipinski definition) is 1. The van der Waals surface area contributed by atoms with E-state index in [4.69, 9.17) is 5.73 Å². The van der Waals surface area contributed by atoms with E-state index in [1.807, 2.05) is 20.8 Å². The molecule has 1 unspecified atom stereocenters. The summed E-state index contributed by atoms with van der Waals surface area (Å²) in [7, 11) is 0. The third-order valence-corrected chi connectivity index (χ3v) is 3.34. The Morgan fingerprint density at radius 3 is 2.50 bits per heavy atom. The summed E-state index contributed by atoms with van der Waals surface area (Å²) >= 11 is 3.16. The predicted octanol–water partition coefficient (Wildman–Crippen LogP) is 3.42. The van der Waals surface area contributed by atoms with Crippen LogP contribution in [-0.4, -0.2) is 0 Å². The van der Waals surface area contributed by atoms with E-state index >= 15 is 0 Å². The van der Waals surface area contributed by atoms with Gasteiger partial charge in [0, 0.05) is 11.1 Å². The molecule has 0 heterocycles. The number of nitrogens with two attached hydrogens (primary N) is 1. The molecule has 0 aliphatic carbocycles. The van der Waals surface area contributed by atoms with E-state index < -0.39 is 5.54 Å². The van der Waals surface area contributed by atoms with Crippen molar-refractivity contribution in [3.05, 3.63) is 34.1 Å². The number of hydrogen-bond acceptors (Lipinski definition) is 1. The Kier molecular flexibility index (Phi) is 3.32. The van der Waals surface area contributed by atoms with Crippen LogP contribution in [0.2, 0.25) is 0 Å². The minimum absolute atomic E-state index is 0.186. The highest BCUT2D eigenvalue weighted by atomic mass is 79.9. The second-order valence-corrected chi connectivity index (χ2v) is 4.89. The lowest BCUT2D eigenvalue weighted by molar-refractivity contribution is 0.336. The van der Waals surface area contributed by atoms with Crippen molar-refractivity contribution in [3.8, 4) is 0 Å². The molecule has 14 heavy (non-hydrogen) atoms. The molecule has 1 aromatic carbocycles. The largest absolute Gasteiger partial charge is 0.321 e. The molecule has 1 rings (SSSR count). The molecule has 1 atom stereocenters. The first-order valence-corrected chi connectivity index (χ1v) is 5.40. The number of halogens is 2. The van der Waals surface area contributed by atoms with Gasteiger partial charge in [-0.3, -0.25) is 0 Å². The van der Waals surface area contributed by atoms with Gasteiger partial charge in [-0.05, 0) is 34.8 Å². The van der Waals surface area contributed by atoms with Crippen molar-refractivity contribution in [3.63, 3.8) is 0 Å². The van der Waals surface area contributed by atoms with Gasteiger partial charge in [-0.15, -0.1) is 0 Å². The van der Waals surface area contributed by atoms with Crippen molar-refractivity contribution in [2.75, 3.05) is 0 Å². The molecule has 0 saturated carbocycles. The van der Waals surface area contributed by atoms with Gasteiger partial charge < -0.3 is 5.73 Å². The average Bonchev–Trinajstić information content (AvgIpc) is 2.09. The summed E-state index contributed by atoms with van der Waals surface area (Å²) in [5, 5.41) is 0. The molecule has 0 aromatic heterocycles. The van der Waals surface area contributed by atoms with Crippen molar-refractivity contribution in [2.24, 2.45) is 11.7 Å². The van der Waals surface area contributed by atoms with Crippen LogP contribution < -0.4 is 5.73 Å². The number of rotatable bonds is 2. The number of benzene rings is 1. The topological polar surface area (TPSA) is 26.0 Å². The zero-order chi connectivity index (χ0) is 10.9. The maximum Gasteiger partial charge on any atom is 0.142 e. The molecule has 0 amide bonds. The van der Waals surface area contributed by atoms with Gasteiger partial charge in [-0.2, -0.15) is 0 Å².